The molecule has 0 radical (unpaired) electrons. The summed E-state index contributed by atoms with van der Waals surface area (Å²) in [6.45, 7) is 9.22. The molecular formula is C23H33O4P. The van der Waals surface area contributed by atoms with Crippen LogP contribution in [0.2, 0.25) is 0 Å². The first kappa shape index (κ1) is 22.7. The molecule has 0 saturated carbocycles. The van der Waals surface area contributed by atoms with E-state index in [0.29, 0.717) is 25.7 Å². The van der Waals surface area contributed by atoms with E-state index < -0.39 is 7.60 Å². The van der Waals surface area contributed by atoms with E-state index in [1.807, 2.05) is 51.1 Å². The fourth-order valence-electron chi connectivity index (χ4n) is 3.31. The molecule has 0 aliphatic carbocycles. The highest BCUT2D eigenvalue weighted by Crippen LogP contribution is 2.54. The van der Waals surface area contributed by atoms with Crippen molar-refractivity contribution in [2.45, 2.75) is 52.8 Å². The van der Waals surface area contributed by atoms with Crippen LogP contribution in [-0.4, -0.2) is 18.9 Å². The van der Waals surface area contributed by atoms with Crippen molar-refractivity contribution in [3.63, 3.8) is 0 Å². The lowest BCUT2D eigenvalue weighted by Gasteiger charge is -2.25. The summed E-state index contributed by atoms with van der Waals surface area (Å²) in [4.78, 5) is 0. The SMILES string of the molecule is CCOP(=O)(OCC)C(C)CC(C)Cc1ccc(OCc2ccccc2)cc1. The first-order valence-electron chi connectivity index (χ1n) is 10.1. The van der Waals surface area contributed by atoms with Gasteiger partial charge in [-0.25, -0.2) is 0 Å². The molecule has 0 aromatic heterocycles. The second-order valence-electron chi connectivity index (χ2n) is 7.19. The minimum atomic E-state index is -3.04. The predicted molar refractivity (Wildman–Crippen MR) is 115 cm³/mol. The van der Waals surface area contributed by atoms with E-state index in [1.165, 1.54) is 5.56 Å². The summed E-state index contributed by atoms with van der Waals surface area (Å²) < 4.78 is 29.7. The Morgan fingerprint density at radius 1 is 0.857 bits per heavy atom. The monoisotopic (exact) mass is 404 g/mol. The molecule has 28 heavy (non-hydrogen) atoms. The Hall–Kier alpha value is -1.61. The van der Waals surface area contributed by atoms with Gasteiger partial charge in [0.05, 0.1) is 18.9 Å². The van der Waals surface area contributed by atoms with Crippen molar-refractivity contribution < 1.29 is 18.3 Å². The van der Waals surface area contributed by atoms with Crippen LogP contribution in [0.15, 0.2) is 54.6 Å². The molecule has 2 atom stereocenters. The minimum absolute atomic E-state index is 0.115. The molecule has 0 fully saturated rings. The maximum Gasteiger partial charge on any atom is 0.333 e. The molecule has 2 unspecified atom stereocenters. The Balaban J connectivity index is 1.86. The van der Waals surface area contributed by atoms with Crippen LogP contribution in [-0.2, 0) is 26.6 Å². The smallest absolute Gasteiger partial charge is 0.333 e. The van der Waals surface area contributed by atoms with Gasteiger partial charge in [-0.15, -0.1) is 0 Å². The fraction of sp³-hybridized carbons (Fsp3) is 0.478. The molecule has 0 heterocycles. The van der Waals surface area contributed by atoms with Crippen LogP contribution in [0.25, 0.3) is 0 Å². The summed E-state index contributed by atoms with van der Waals surface area (Å²) in [6, 6.07) is 18.4. The van der Waals surface area contributed by atoms with Gasteiger partial charge >= 0.3 is 7.60 Å². The molecule has 4 nitrogen and oxygen atoms in total. The lowest BCUT2D eigenvalue weighted by atomic mass is 9.97. The highest BCUT2D eigenvalue weighted by molar-refractivity contribution is 7.54. The average molecular weight is 404 g/mol. The first-order valence-corrected chi connectivity index (χ1v) is 11.7. The topological polar surface area (TPSA) is 44.8 Å². The van der Waals surface area contributed by atoms with Crippen LogP contribution in [0.5, 0.6) is 5.75 Å². The highest BCUT2D eigenvalue weighted by atomic mass is 31.2. The van der Waals surface area contributed by atoms with E-state index >= 15 is 0 Å². The van der Waals surface area contributed by atoms with E-state index in [4.69, 9.17) is 13.8 Å². The van der Waals surface area contributed by atoms with Gasteiger partial charge in [-0.2, -0.15) is 0 Å². The quantitative estimate of drug-likeness (QED) is 0.379. The zero-order valence-corrected chi connectivity index (χ0v) is 18.4. The molecule has 0 spiro atoms. The van der Waals surface area contributed by atoms with Crippen LogP contribution in [0.1, 0.15) is 45.2 Å². The number of hydrogen-bond donors (Lipinski definition) is 0. The molecule has 2 aromatic carbocycles. The van der Waals surface area contributed by atoms with Gasteiger partial charge in [-0.05, 0) is 55.9 Å². The van der Waals surface area contributed by atoms with E-state index in [0.717, 1.165) is 24.2 Å². The Morgan fingerprint density at radius 2 is 1.46 bits per heavy atom. The second kappa shape index (κ2) is 11.4. The molecule has 0 amide bonds. The van der Waals surface area contributed by atoms with Crippen molar-refractivity contribution in [1.82, 2.24) is 0 Å². The molecule has 2 rings (SSSR count). The Bertz CT molecular complexity index is 720. The Labute approximate surface area is 169 Å². The van der Waals surface area contributed by atoms with Crippen molar-refractivity contribution in [2.75, 3.05) is 13.2 Å². The molecule has 0 aliphatic heterocycles. The second-order valence-corrected chi connectivity index (χ2v) is 9.67. The van der Waals surface area contributed by atoms with Crippen molar-refractivity contribution in [3.8, 4) is 5.75 Å². The molecule has 0 saturated heterocycles. The van der Waals surface area contributed by atoms with Crippen LogP contribution >= 0.6 is 7.60 Å². The third-order valence-electron chi connectivity index (χ3n) is 4.66. The molecular weight excluding hydrogens is 371 g/mol. The number of ether oxygens (including phenoxy) is 1. The van der Waals surface area contributed by atoms with Gasteiger partial charge in [0.15, 0.2) is 0 Å². The highest BCUT2D eigenvalue weighted by Gasteiger charge is 2.32. The number of rotatable bonds is 12. The Kier molecular flexibility index (Phi) is 9.24. The van der Waals surface area contributed by atoms with Crippen molar-refractivity contribution in [1.29, 1.82) is 0 Å². The van der Waals surface area contributed by atoms with Gasteiger partial charge in [0.1, 0.15) is 12.4 Å². The summed E-state index contributed by atoms with van der Waals surface area (Å²) in [5.74, 6) is 1.24. The van der Waals surface area contributed by atoms with Gasteiger partial charge < -0.3 is 13.8 Å². The van der Waals surface area contributed by atoms with Crippen LogP contribution in [0.3, 0.4) is 0 Å². The van der Waals surface area contributed by atoms with Crippen LogP contribution < -0.4 is 4.74 Å². The van der Waals surface area contributed by atoms with E-state index in [-0.39, 0.29) is 5.66 Å². The predicted octanol–water partition coefficient (Wildman–Crippen LogP) is 6.49. The maximum absolute atomic E-state index is 12.9. The van der Waals surface area contributed by atoms with E-state index in [1.54, 1.807) is 0 Å². The standard InChI is InChI=1S/C23H33O4P/c1-5-26-28(24,27-6-2)20(4)16-19(3)17-21-12-14-23(15-13-21)25-18-22-10-8-7-9-11-22/h7-15,19-20H,5-6,16-18H2,1-4H3. The fourth-order valence-corrected chi connectivity index (χ4v) is 5.23. The van der Waals surface area contributed by atoms with Gasteiger partial charge in [0.25, 0.3) is 0 Å². The van der Waals surface area contributed by atoms with E-state index in [9.17, 15) is 4.57 Å². The third kappa shape index (κ3) is 7.09. The molecule has 0 N–H and O–H groups in total. The van der Waals surface area contributed by atoms with E-state index in [2.05, 4.69) is 31.2 Å². The lowest BCUT2D eigenvalue weighted by Crippen LogP contribution is -2.14. The minimum Gasteiger partial charge on any atom is -0.489 e. The summed E-state index contributed by atoms with van der Waals surface area (Å²) in [7, 11) is -3.04. The van der Waals surface area contributed by atoms with Crippen molar-refractivity contribution in [3.05, 3.63) is 65.7 Å². The van der Waals surface area contributed by atoms with Crippen LogP contribution in [0.4, 0.5) is 0 Å². The lowest BCUT2D eigenvalue weighted by molar-refractivity contribution is 0.209. The summed E-state index contributed by atoms with van der Waals surface area (Å²) >= 11 is 0. The summed E-state index contributed by atoms with van der Waals surface area (Å²) in [5, 5.41) is 0. The van der Waals surface area contributed by atoms with Crippen molar-refractivity contribution in [2.24, 2.45) is 5.92 Å². The normalized spacial score (nSPS) is 13.9. The molecule has 2 aromatic rings. The van der Waals surface area contributed by atoms with Gasteiger partial charge in [0, 0.05) is 0 Å². The molecule has 0 bridgehead atoms. The number of benzene rings is 2. The number of hydrogen-bond acceptors (Lipinski definition) is 4. The zero-order chi connectivity index (χ0) is 20.4. The van der Waals surface area contributed by atoms with Crippen molar-refractivity contribution >= 4 is 7.60 Å². The Morgan fingerprint density at radius 3 is 2.04 bits per heavy atom. The molecule has 0 aliphatic rings. The maximum atomic E-state index is 12.9. The largest absolute Gasteiger partial charge is 0.489 e. The zero-order valence-electron chi connectivity index (χ0n) is 17.5. The summed E-state index contributed by atoms with van der Waals surface area (Å²) in [5.41, 5.74) is 2.28. The summed E-state index contributed by atoms with van der Waals surface area (Å²) in [6.07, 6.45) is 1.71. The first-order chi connectivity index (χ1) is 13.5. The molecule has 154 valence electrons. The van der Waals surface area contributed by atoms with Gasteiger partial charge in [0.2, 0.25) is 0 Å². The van der Waals surface area contributed by atoms with Crippen LogP contribution in [0, 0.1) is 5.92 Å². The average Bonchev–Trinajstić information content (AvgIpc) is 2.68. The van der Waals surface area contributed by atoms with Gasteiger partial charge in [-0.3, -0.25) is 4.57 Å². The molecule has 5 heteroatoms. The third-order valence-corrected chi connectivity index (χ3v) is 7.18. The van der Waals surface area contributed by atoms with Gasteiger partial charge in [-0.1, -0.05) is 56.3 Å².